The molecule has 27 heavy (non-hydrogen) atoms. The molecule has 0 aliphatic heterocycles. The van der Waals surface area contributed by atoms with Crippen LogP contribution in [0.3, 0.4) is 0 Å². The molecular formula is C17H27N3O5S2. The minimum Gasteiger partial charge on any atom is -0.385 e. The van der Waals surface area contributed by atoms with Crippen molar-refractivity contribution in [3.63, 3.8) is 0 Å². The summed E-state index contributed by atoms with van der Waals surface area (Å²) in [7, 11) is -0.497. The maximum atomic E-state index is 12.7. The van der Waals surface area contributed by atoms with Crippen molar-refractivity contribution in [2.75, 3.05) is 45.4 Å². The molecule has 0 saturated heterocycles. The van der Waals surface area contributed by atoms with Crippen molar-refractivity contribution >= 4 is 38.2 Å². The van der Waals surface area contributed by atoms with E-state index < -0.39 is 15.9 Å². The van der Waals surface area contributed by atoms with Crippen molar-refractivity contribution < 1.29 is 22.7 Å². The molecule has 8 nitrogen and oxygen atoms in total. The van der Waals surface area contributed by atoms with Gasteiger partial charge in [0.05, 0.1) is 18.4 Å². The summed E-state index contributed by atoms with van der Waals surface area (Å²) in [4.78, 5) is 26.1. The van der Waals surface area contributed by atoms with Crippen LogP contribution in [0.15, 0.2) is 0 Å². The van der Waals surface area contributed by atoms with Gasteiger partial charge in [0, 0.05) is 32.2 Å². The molecule has 1 aliphatic rings. The van der Waals surface area contributed by atoms with Crippen LogP contribution in [-0.2, 0) is 32.4 Å². The fourth-order valence-corrected chi connectivity index (χ4v) is 4.54. The van der Waals surface area contributed by atoms with Gasteiger partial charge in [0.1, 0.15) is 5.00 Å². The molecular weight excluding hydrogens is 390 g/mol. The number of sulfonamides is 1. The van der Waals surface area contributed by atoms with E-state index in [2.05, 4.69) is 10.6 Å². The van der Waals surface area contributed by atoms with Crippen LogP contribution in [0.5, 0.6) is 0 Å². The molecule has 2 N–H and O–H groups in total. The molecule has 152 valence electrons. The molecule has 1 heterocycles. The molecule has 0 spiro atoms. The van der Waals surface area contributed by atoms with Crippen molar-refractivity contribution in [2.45, 2.75) is 32.1 Å². The number of likely N-dealkylation sites (N-methyl/N-ethyl adjacent to an activating group) is 1. The Kier molecular flexibility index (Phi) is 7.78. The molecule has 0 fully saturated rings. The molecule has 2 rings (SSSR count). The van der Waals surface area contributed by atoms with E-state index in [1.807, 2.05) is 0 Å². The zero-order chi connectivity index (χ0) is 20.0. The van der Waals surface area contributed by atoms with Crippen molar-refractivity contribution in [3.05, 3.63) is 16.0 Å². The van der Waals surface area contributed by atoms with Gasteiger partial charge >= 0.3 is 0 Å². The fraction of sp³-hybridized carbons (Fsp3) is 0.647. The zero-order valence-electron chi connectivity index (χ0n) is 16.0. The standard InChI is InChI=1S/C17H27N3O5S2/c1-20(27(3,23)24)11-14(21)19-17-15(16(22)18-9-6-10-25-2)12-7-4-5-8-13(12)26-17/h4-11H2,1-3H3,(H,18,22)(H,19,21). The van der Waals surface area contributed by atoms with Crippen molar-refractivity contribution in [3.8, 4) is 0 Å². The molecule has 10 heteroatoms. The molecule has 0 radical (unpaired) electrons. The quantitative estimate of drug-likeness (QED) is 0.588. The maximum Gasteiger partial charge on any atom is 0.254 e. The third-order valence-electron chi connectivity index (χ3n) is 4.39. The lowest BCUT2D eigenvalue weighted by Gasteiger charge is -2.15. The van der Waals surface area contributed by atoms with Crippen LogP contribution in [0.2, 0.25) is 0 Å². The average Bonchev–Trinajstić information content (AvgIpc) is 2.95. The molecule has 1 aliphatic carbocycles. The summed E-state index contributed by atoms with van der Waals surface area (Å²) in [6.45, 7) is 0.751. The Morgan fingerprint density at radius 3 is 2.63 bits per heavy atom. The van der Waals surface area contributed by atoms with E-state index in [0.29, 0.717) is 30.1 Å². The Bertz CT molecular complexity index is 789. The highest BCUT2D eigenvalue weighted by atomic mass is 32.2. The van der Waals surface area contributed by atoms with E-state index >= 15 is 0 Å². The van der Waals surface area contributed by atoms with E-state index in [9.17, 15) is 18.0 Å². The van der Waals surface area contributed by atoms with Gasteiger partial charge < -0.3 is 15.4 Å². The fourth-order valence-electron chi connectivity index (χ4n) is 2.89. The third kappa shape index (κ3) is 6.00. The van der Waals surface area contributed by atoms with E-state index in [-0.39, 0.29) is 12.5 Å². The first-order chi connectivity index (χ1) is 12.7. The van der Waals surface area contributed by atoms with Crippen LogP contribution in [0, 0.1) is 0 Å². The lowest BCUT2D eigenvalue weighted by molar-refractivity contribution is -0.116. The number of hydrogen-bond acceptors (Lipinski definition) is 6. The Hall–Kier alpha value is -1.49. The van der Waals surface area contributed by atoms with E-state index in [1.54, 1.807) is 7.11 Å². The number of fused-ring (bicyclic) bond motifs is 1. The summed E-state index contributed by atoms with van der Waals surface area (Å²) >= 11 is 1.41. The summed E-state index contributed by atoms with van der Waals surface area (Å²) in [5.41, 5.74) is 1.52. The summed E-state index contributed by atoms with van der Waals surface area (Å²) in [5.74, 6) is -0.674. The van der Waals surface area contributed by atoms with E-state index in [0.717, 1.165) is 46.7 Å². The van der Waals surface area contributed by atoms with Gasteiger partial charge in [-0.15, -0.1) is 11.3 Å². The number of carbonyl (C=O) groups excluding carboxylic acids is 2. The summed E-state index contributed by atoms with van der Waals surface area (Å²) in [6, 6.07) is 0. The van der Waals surface area contributed by atoms with Gasteiger partial charge in [-0.3, -0.25) is 9.59 Å². The number of nitrogens with zero attached hydrogens (tertiary/aromatic N) is 1. The second-order valence-corrected chi connectivity index (χ2v) is 9.78. The molecule has 0 bridgehead atoms. The van der Waals surface area contributed by atoms with Crippen LogP contribution in [0.1, 0.15) is 40.1 Å². The normalized spacial score (nSPS) is 14.1. The predicted molar refractivity (Wildman–Crippen MR) is 106 cm³/mol. The van der Waals surface area contributed by atoms with Gasteiger partial charge in [-0.1, -0.05) is 0 Å². The number of carbonyl (C=O) groups is 2. The van der Waals surface area contributed by atoms with Crippen LogP contribution in [-0.4, -0.2) is 64.6 Å². The second-order valence-electron chi connectivity index (χ2n) is 6.58. The van der Waals surface area contributed by atoms with Gasteiger partial charge in [0.2, 0.25) is 15.9 Å². The predicted octanol–water partition coefficient (Wildman–Crippen LogP) is 1.22. The van der Waals surface area contributed by atoms with E-state index in [1.165, 1.54) is 18.4 Å². The van der Waals surface area contributed by atoms with Crippen LogP contribution < -0.4 is 10.6 Å². The molecule has 0 aromatic carbocycles. The molecule has 2 amide bonds. The van der Waals surface area contributed by atoms with Gasteiger partial charge in [-0.2, -0.15) is 4.31 Å². The number of ether oxygens (including phenoxy) is 1. The number of aryl methyl sites for hydroxylation is 1. The second kappa shape index (κ2) is 9.63. The van der Waals surface area contributed by atoms with Gasteiger partial charge in [0.15, 0.2) is 0 Å². The number of amides is 2. The van der Waals surface area contributed by atoms with Crippen LogP contribution >= 0.6 is 11.3 Å². The summed E-state index contributed by atoms with van der Waals surface area (Å²) < 4.78 is 29.0. The van der Waals surface area contributed by atoms with Crippen molar-refractivity contribution in [1.29, 1.82) is 0 Å². The first kappa shape index (κ1) is 21.8. The highest BCUT2D eigenvalue weighted by Crippen LogP contribution is 2.38. The van der Waals surface area contributed by atoms with Crippen LogP contribution in [0.25, 0.3) is 0 Å². The Morgan fingerprint density at radius 2 is 1.96 bits per heavy atom. The number of rotatable bonds is 9. The Morgan fingerprint density at radius 1 is 1.26 bits per heavy atom. The van der Waals surface area contributed by atoms with Crippen molar-refractivity contribution in [2.24, 2.45) is 0 Å². The number of nitrogens with one attached hydrogen (secondary N) is 2. The number of anilines is 1. The molecule has 0 atom stereocenters. The summed E-state index contributed by atoms with van der Waals surface area (Å²) in [6.07, 6.45) is 5.53. The summed E-state index contributed by atoms with van der Waals surface area (Å²) in [5, 5.41) is 6.12. The molecule has 1 aromatic heterocycles. The lowest BCUT2D eigenvalue weighted by atomic mass is 9.95. The Labute approximate surface area is 164 Å². The minimum absolute atomic E-state index is 0.211. The number of hydrogen-bond donors (Lipinski definition) is 2. The third-order valence-corrected chi connectivity index (χ3v) is 6.86. The topological polar surface area (TPSA) is 105 Å². The highest BCUT2D eigenvalue weighted by molar-refractivity contribution is 7.88. The highest BCUT2D eigenvalue weighted by Gasteiger charge is 2.26. The number of methoxy groups -OCH3 is 1. The first-order valence-corrected chi connectivity index (χ1v) is 11.5. The number of thiophene rings is 1. The van der Waals surface area contributed by atoms with Gasteiger partial charge in [-0.25, -0.2) is 8.42 Å². The van der Waals surface area contributed by atoms with Gasteiger partial charge in [0.25, 0.3) is 5.91 Å². The zero-order valence-corrected chi connectivity index (χ0v) is 17.6. The SMILES string of the molecule is COCCCNC(=O)c1c(NC(=O)CN(C)S(C)(=O)=O)sc2c1CCCC2. The molecule has 0 unspecified atom stereocenters. The van der Waals surface area contributed by atoms with Crippen molar-refractivity contribution in [1.82, 2.24) is 9.62 Å². The van der Waals surface area contributed by atoms with E-state index in [4.69, 9.17) is 4.74 Å². The van der Waals surface area contributed by atoms with Gasteiger partial charge in [-0.05, 0) is 37.7 Å². The smallest absolute Gasteiger partial charge is 0.254 e. The monoisotopic (exact) mass is 417 g/mol. The molecule has 0 saturated carbocycles. The minimum atomic E-state index is -3.45. The Balaban J connectivity index is 2.16. The molecule has 1 aromatic rings. The first-order valence-electron chi connectivity index (χ1n) is 8.87. The van der Waals surface area contributed by atoms with Crippen LogP contribution in [0.4, 0.5) is 5.00 Å². The lowest BCUT2D eigenvalue weighted by Crippen LogP contribution is -2.34. The largest absolute Gasteiger partial charge is 0.385 e. The maximum absolute atomic E-state index is 12.7. The average molecular weight is 418 g/mol.